The number of methoxy groups -OCH3 is 1. The molecule has 0 aromatic heterocycles. The molecule has 0 radical (unpaired) electrons. The van der Waals surface area contributed by atoms with Crippen LogP contribution in [0.2, 0.25) is 0 Å². The molecule has 0 aliphatic rings. The number of esters is 1. The number of aryl methyl sites for hydroxylation is 1. The molecule has 0 bridgehead atoms. The van der Waals surface area contributed by atoms with Crippen LogP contribution in [0, 0.1) is 6.92 Å². The van der Waals surface area contributed by atoms with Gasteiger partial charge in [-0.05, 0) is 67.1 Å². The Morgan fingerprint density at radius 2 is 1.48 bits per heavy atom. The lowest BCUT2D eigenvalue weighted by Crippen LogP contribution is -2.17. The van der Waals surface area contributed by atoms with Crippen LogP contribution in [0.15, 0.2) is 72.8 Å². The minimum Gasteiger partial charge on any atom is -0.497 e. The molecule has 0 heterocycles. The molecule has 1 amide bonds. The number of hydrogen-bond acceptors (Lipinski definition) is 6. The van der Waals surface area contributed by atoms with Crippen LogP contribution in [0.1, 0.15) is 28.8 Å². The third kappa shape index (κ3) is 7.21. The minimum absolute atomic E-state index is 0.0585. The van der Waals surface area contributed by atoms with Gasteiger partial charge in [-0.3, -0.25) is 14.4 Å². The average molecular weight is 447 g/mol. The van der Waals surface area contributed by atoms with Crippen molar-refractivity contribution in [3.05, 3.63) is 83.9 Å². The van der Waals surface area contributed by atoms with E-state index in [1.54, 1.807) is 48.5 Å². The number of ether oxygens (including phenoxy) is 3. The summed E-state index contributed by atoms with van der Waals surface area (Å²) in [6.45, 7) is 1.58. The van der Waals surface area contributed by atoms with Gasteiger partial charge in [0.05, 0.1) is 13.5 Å². The molecular weight excluding hydrogens is 422 g/mol. The highest BCUT2D eigenvalue weighted by atomic mass is 16.5. The molecule has 0 aliphatic heterocycles. The fraction of sp³-hybridized carbons (Fsp3) is 0.192. The summed E-state index contributed by atoms with van der Waals surface area (Å²) in [4.78, 5) is 36.1. The van der Waals surface area contributed by atoms with Gasteiger partial charge in [-0.2, -0.15) is 0 Å². The largest absolute Gasteiger partial charge is 0.497 e. The SMILES string of the molecule is COc1ccc(C(=O)COC(=O)CCC(=O)Nc2ccc(Oc3ccccc3C)cc2)cc1. The number of carbonyl (C=O) groups excluding carboxylic acids is 3. The molecule has 7 heteroatoms. The number of nitrogens with one attached hydrogen (secondary N) is 1. The molecule has 3 rings (SSSR count). The van der Waals surface area contributed by atoms with Crippen molar-refractivity contribution >= 4 is 23.3 Å². The van der Waals surface area contributed by atoms with Crippen LogP contribution in [0.4, 0.5) is 5.69 Å². The molecule has 7 nitrogen and oxygen atoms in total. The highest BCUT2D eigenvalue weighted by molar-refractivity contribution is 5.98. The summed E-state index contributed by atoms with van der Waals surface area (Å²) in [6, 6.07) is 21.1. The zero-order valence-corrected chi connectivity index (χ0v) is 18.5. The van der Waals surface area contributed by atoms with Crippen LogP contribution in [0.3, 0.4) is 0 Å². The molecule has 1 N–H and O–H groups in total. The standard InChI is InChI=1S/C26H25NO6/c1-18-5-3-4-6-24(18)33-22-13-9-20(10-14-22)27-25(29)15-16-26(30)32-17-23(28)19-7-11-21(31-2)12-8-19/h3-14H,15-17H2,1-2H3,(H,27,29). The Morgan fingerprint density at radius 1 is 0.818 bits per heavy atom. The quantitative estimate of drug-likeness (QED) is 0.350. The molecule has 33 heavy (non-hydrogen) atoms. The number of anilines is 1. The van der Waals surface area contributed by atoms with E-state index in [-0.39, 0.29) is 31.1 Å². The van der Waals surface area contributed by atoms with E-state index < -0.39 is 5.97 Å². The Labute approximate surface area is 192 Å². The number of ketones is 1. The summed E-state index contributed by atoms with van der Waals surface area (Å²) in [5.41, 5.74) is 2.02. The molecule has 170 valence electrons. The second-order valence-electron chi connectivity index (χ2n) is 7.25. The van der Waals surface area contributed by atoms with E-state index in [0.717, 1.165) is 11.3 Å². The molecule has 3 aromatic rings. The second-order valence-corrected chi connectivity index (χ2v) is 7.25. The fourth-order valence-electron chi connectivity index (χ4n) is 2.92. The van der Waals surface area contributed by atoms with Gasteiger partial charge in [0.2, 0.25) is 5.91 Å². The number of para-hydroxylation sites is 1. The van der Waals surface area contributed by atoms with Gasteiger partial charge < -0.3 is 19.5 Å². The van der Waals surface area contributed by atoms with Crippen LogP contribution < -0.4 is 14.8 Å². The van der Waals surface area contributed by atoms with E-state index in [4.69, 9.17) is 14.2 Å². The molecule has 0 aliphatic carbocycles. The van der Waals surface area contributed by atoms with E-state index in [2.05, 4.69) is 5.32 Å². The maximum absolute atomic E-state index is 12.1. The molecule has 0 unspecified atom stereocenters. The number of hydrogen-bond donors (Lipinski definition) is 1. The predicted octanol–water partition coefficient (Wildman–Crippen LogP) is 4.94. The summed E-state index contributed by atoms with van der Waals surface area (Å²) < 4.78 is 15.8. The van der Waals surface area contributed by atoms with E-state index in [1.807, 2.05) is 31.2 Å². The van der Waals surface area contributed by atoms with Crippen LogP contribution in [0.5, 0.6) is 17.2 Å². The Hall–Kier alpha value is -4.13. The van der Waals surface area contributed by atoms with Crippen molar-refractivity contribution in [2.45, 2.75) is 19.8 Å². The Balaban J connectivity index is 1.39. The third-order valence-electron chi connectivity index (χ3n) is 4.79. The first-order chi connectivity index (χ1) is 15.9. The molecule has 0 spiro atoms. The van der Waals surface area contributed by atoms with Gasteiger partial charge >= 0.3 is 5.97 Å². The van der Waals surface area contributed by atoms with Crippen molar-refractivity contribution in [1.82, 2.24) is 0 Å². The van der Waals surface area contributed by atoms with Crippen molar-refractivity contribution in [1.29, 1.82) is 0 Å². The van der Waals surface area contributed by atoms with Crippen molar-refractivity contribution in [3.8, 4) is 17.2 Å². The number of amides is 1. The normalized spacial score (nSPS) is 10.2. The number of Topliss-reactive ketones (excluding diaryl/α,β-unsaturated/α-hetero) is 1. The lowest BCUT2D eigenvalue weighted by Gasteiger charge is -2.10. The van der Waals surface area contributed by atoms with Crippen molar-refractivity contribution in [2.75, 3.05) is 19.0 Å². The number of rotatable bonds is 10. The molecule has 0 fully saturated rings. The third-order valence-corrected chi connectivity index (χ3v) is 4.79. The first kappa shape index (κ1) is 23.5. The number of benzene rings is 3. The van der Waals surface area contributed by atoms with Crippen LogP contribution in [-0.2, 0) is 14.3 Å². The monoisotopic (exact) mass is 447 g/mol. The summed E-state index contributed by atoms with van der Waals surface area (Å²) in [5, 5.41) is 2.72. The molecule has 0 saturated heterocycles. The van der Waals surface area contributed by atoms with Crippen LogP contribution in [0.25, 0.3) is 0 Å². The van der Waals surface area contributed by atoms with Gasteiger partial charge in [0.25, 0.3) is 0 Å². The van der Waals surface area contributed by atoms with Crippen LogP contribution in [-0.4, -0.2) is 31.4 Å². The highest BCUT2D eigenvalue weighted by Gasteiger charge is 2.12. The minimum atomic E-state index is -0.617. The first-order valence-electron chi connectivity index (χ1n) is 10.4. The molecule has 3 aromatic carbocycles. The fourth-order valence-corrected chi connectivity index (χ4v) is 2.92. The molecule has 0 atom stereocenters. The summed E-state index contributed by atoms with van der Waals surface area (Å²) in [6.07, 6.45) is -0.187. The van der Waals surface area contributed by atoms with Gasteiger partial charge in [0.1, 0.15) is 17.2 Å². The Bertz CT molecular complexity index is 1110. The van der Waals surface area contributed by atoms with Crippen LogP contribution >= 0.6 is 0 Å². The van der Waals surface area contributed by atoms with Gasteiger partial charge in [-0.15, -0.1) is 0 Å². The second kappa shape index (κ2) is 11.5. The Kier molecular flexibility index (Phi) is 8.18. The van der Waals surface area contributed by atoms with Gasteiger partial charge in [-0.25, -0.2) is 0 Å². The van der Waals surface area contributed by atoms with E-state index in [1.165, 1.54) is 7.11 Å². The van der Waals surface area contributed by atoms with Crippen molar-refractivity contribution < 1.29 is 28.6 Å². The summed E-state index contributed by atoms with van der Waals surface area (Å²) >= 11 is 0. The van der Waals surface area contributed by atoms with Gasteiger partial charge in [-0.1, -0.05) is 18.2 Å². The topological polar surface area (TPSA) is 90.9 Å². The molecule has 0 saturated carbocycles. The first-order valence-corrected chi connectivity index (χ1v) is 10.4. The lowest BCUT2D eigenvalue weighted by molar-refractivity contribution is -0.143. The highest BCUT2D eigenvalue weighted by Crippen LogP contribution is 2.25. The predicted molar refractivity (Wildman–Crippen MR) is 124 cm³/mol. The van der Waals surface area contributed by atoms with E-state index in [9.17, 15) is 14.4 Å². The zero-order chi connectivity index (χ0) is 23.6. The number of carbonyl (C=O) groups is 3. The van der Waals surface area contributed by atoms with Gasteiger partial charge in [0.15, 0.2) is 12.4 Å². The Morgan fingerprint density at radius 3 is 2.15 bits per heavy atom. The maximum atomic E-state index is 12.1. The lowest BCUT2D eigenvalue weighted by atomic mass is 10.1. The summed E-state index contributed by atoms with van der Waals surface area (Å²) in [5.74, 6) is 0.757. The van der Waals surface area contributed by atoms with Crippen molar-refractivity contribution in [2.24, 2.45) is 0 Å². The summed E-state index contributed by atoms with van der Waals surface area (Å²) in [7, 11) is 1.53. The van der Waals surface area contributed by atoms with E-state index in [0.29, 0.717) is 22.7 Å². The van der Waals surface area contributed by atoms with Crippen molar-refractivity contribution in [3.63, 3.8) is 0 Å². The zero-order valence-electron chi connectivity index (χ0n) is 18.5. The van der Waals surface area contributed by atoms with Gasteiger partial charge in [0, 0.05) is 17.7 Å². The molecular formula is C26H25NO6. The average Bonchev–Trinajstić information content (AvgIpc) is 2.84. The smallest absolute Gasteiger partial charge is 0.306 e. The maximum Gasteiger partial charge on any atom is 0.306 e. The van der Waals surface area contributed by atoms with E-state index >= 15 is 0 Å².